The molecule has 3 aliphatic heterocycles. The zero-order valence-electron chi connectivity index (χ0n) is 23.7. The number of benzene rings is 2. The number of aryl methyl sites for hydroxylation is 3. The maximum Gasteiger partial charge on any atom is 0.254 e. The molecule has 1 saturated carbocycles. The highest BCUT2D eigenvalue weighted by Gasteiger charge is 2.42. The van der Waals surface area contributed by atoms with Crippen molar-refractivity contribution in [3.63, 3.8) is 0 Å². The third-order valence-corrected chi connectivity index (χ3v) is 9.86. The predicted molar refractivity (Wildman–Crippen MR) is 156 cm³/mol. The molecule has 2 aromatic carbocycles. The zero-order chi connectivity index (χ0) is 26.9. The molecule has 0 spiro atoms. The van der Waals surface area contributed by atoms with Crippen molar-refractivity contribution in [3.8, 4) is 0 Å². The fourth-order valence-corrected chi connectivity index (χ4v) is 7.74. The van der Waals surface area contributed by atoms with E-state index >= 15 is 0 Å². The molecule has 2 aromatic rings. The van der Waals surface area contributed by atoms with Gasteiger partial charge in [0.05, 0.1) is 0 Å². The molecular weight excluding hydrogens is 484 g/mol. The van der Waals surface area contributed by atoms with Gasteiger partial charge in [0, 0.05) is 81.4 Å². The van der Waals surface area contributed by atoms with Crippen molar-refractivity contribution in [2.75, 3.05) is 50.7 Å². The van der Waals surface area contributed by atoms with E-state index in [0.29, 0.717) is 18.3 Å². The van der Waals surface area contributed by atoms with Crippen LogP contribution in [0.5, 0.6) is 0 Å². The lowest BCUT2D eigenvalue weighted by Gasteiger charge is -2.26. The number of likely N-dealkylation sites (tertiary alicyclic amines) is 2. The van der Waals surface area contributed by atoms with Gasteiger partial charge in [0.15, 0.2) is 0 Å². The number of nitrogens with one attached hydrogen (secondary N) is 1. The number of carbonyl (C=O) groups is 2. The summed E-state index contributed by atoms with van der Waals surface area (Å²) in [5, 5.41) is 3.14. The second-order valence-corrected chi connectivity index (χ2v) is 12.6. The SMILES string of the molecule is Cc1cccc(C)c1C(=O)N1CC2CN(c3cccc(CCCNC(=O)CCN4CC5CCC4C5)c3)CC2C1. The number of nitrogens with zero attached hydrogens (tertiary/aromatic N) is 3. The number of carbonyl (C=O) groups excluding carboxylic acids is 2. The van der Waals surface area contributed by atoms with Crippen molar-refractivity contribution in [2.24, 2.45) is 17.8 Å². The van der Waals surface area contributed by atoms with Gasteiger partial charge in [-0.05, 0) is 80.7 Å². The lowest BCUT2D eigenvalue weighted by molar-refractivity contribution is -0.121. The summed E-state index contributed by atoms with van der Waals surface area (Å²) in [5.74, 6) is 2.35. The van der Waals surface area contributed by atoms with E-state index in [4.69, 9.17) is 0 Å². The molecule has 3 saturated heterocycles. The lowest BCUT2D eigenvalue weighted by Crippen LogP contribution is -2.36. The fourth-order valence-electron chi connectivity index (χ4n) is 7.74. The van der Waals surface area contributed by atoms with E-state index in [1.165, 1.54) is 37.1 Å². The van der Waals surface area contributed by atoms with Crippen molar-refractivity contribution < 1.29 is 9.59 Å². The summed E-state index contributed by atoms with van der Waals surface area (Å²) in [7, 11) is 0. The minimum atomic E-state index is 0.195. The van der Waals surface area contributed by atoms with Crippen LogP contribution in [0.1, 0.15) is 59.2 Å². The van der Waals surface area contributed by atoms with Crippen LogP contribution in [-0.2, 0) is 11.2 Å². The van der Waals surface area contributed by atoms with Crippen LogP contribution in [-0.4, -0.2) is 73.5 Å². The minimum Gasteiger partial charge on any atom is -0.371 e. The fraction of sp³-hybridized carbons (Fsp3) is 0.576. The maximum absolute atomic E-state index is 13.3. The van der Waals surface area contributed by atoms with E-state index < -0.39 is 0 Å². The quantitative estimate of drug-likeness (QED) is 0.489. The Bertz CT molecular complexity index is 1180. The summed E-state index contributed by atoms with van der Waals surface area (Å²) in [6, 6.07) is 15.8. The first kappa shape index (κ1) is 26.4. The molecule has 39 heavy (non-hydrogen) atoms. The first-order chi connectivity index (χ1) is 18.9. The summed E-state index contributed by atoms with van der Waals surface area (Å²) in [6.45, 7) is 10.7. The second kappa shape index (κ2) is 11.3. The number of fused-ring (bicyclic) bond motifs is 3. The number of amides is 2. The molecule has 4 fully saturated rings. The van der Waals surface area contributed by atoms with Crippen molar-refractivity contribution >= 4 is 17.5 Å². The van der Waals surface area contributed by atoms with Gasteiger partial charge in [0.25, 0.3) is 5.91 Å². The molecule has 0 radical (unpaired) electrons. The van der Waals surface area contributed by atoms with Crippen LogP contribution in [0.4, 0.5) is 5.69 Å². The first-order valence-electron chi connectivity index (χ1n) is 15.1. The largest absolute Gasteiger partial charge is 0.371 e. The lowest BCUT2D eigenvalue weighted by atomic mass is 10.0. The van der Waals surface area contributed by atoms with Gasteiger partial charge in [-0.2, -0.15) is 0 Å². The Morgan fingerprint density at radius 1 is 0.923 bits per heavy atom. The Kier molecular flexibility index (Phi) is 7.66. The number of hydrogen-bond acceptors (Lipinski definition) is 4. The molecule has 2 bridgehead atoms. The van der Waals surface area contributed by atoms with E-state index in [1.807, 2.05) is 32.0 Å². The number of hydrogen-bond donors (Lipinski definition) is 1. The topological polar surface area (TPSA) is 55.9 Å². The maximum atomic E-state index is 13.3. The number of rotatable bonds is 9. The standard InChI is InChI=1S/C33H44N4O2/c1-23-6-3-7-24(2)32(23)33(39)37-21-27-19-36(20-28(27)22-37)29-10-4-8-25(16-29)9-5-14-34-31(38)13-15-35-18-26-11-12-30(35)17-26/h3-4,6-8,10,16,26-28,30H,5,9,11-15,17-22H2,1-2H3,(H,34,38). The second-order valence-electron chi connectivity index (χ2n) is 12.6. The molecule has 4 unspecified atom stereocenters. The molecule has 6 heteroatoms. The van der Waals surface area contributed by atoms with Gasteiger partial charge in [0.2, 0.25) is 5.91 Å². The highest BCUT2D eigenvalue weighted by Crippen LogP contribution is 2.37. The molecule has 6 rings (SSSR count). The minimum absolute atomic E-state index is 0.195. The Labute approximate surface area is 233 Å². The van der Waals surface area contributed by atoms with Gasteiger partial charge in [-0.25, -0.2) is 0 Å². The molecule has 0 aromatic heterocycles. The highest BCUT2D eigenvalue weighted by molar-refractivity contribution is 5.97. The molecule has 2 amide bonds. The van der Waals surface area contributed by atoms with Crippen LogP contribution in [0.3, 0.4) is 0 Å². The Balaban J connectivity index is 0.937. The van der Waals surface area contributed by atoms with Gasteiger partial charge < -0.3 is 15.1 Å². The van der Waals surface area contributed by atoms with Crippen molar-refractivity contribution in [1.82, 2.24) is 15.1 Å². The van der Waals surface area contributed by atoms with Gasteiger partial charge in [-0.1, -0.05) is 30.3 Å². The molecule has 3 heterocycles. The summed E-state index contributed by atoms with van der Waals surface area (Å²) >= 11 is 0. The van der Waals surface area contributed by atoms with Gasteiger partial charge in [-0.15, -0.1) is 0 Å². The average Bonchev–Trinajstić information content (AvgIpc) is 3.71. The third kappa shape index (κ3) is 5.72. The van der Waals surface area contributed by atoms with E-state index in [1.54, 1.807) is 0 Å². The van der Waals surface area contributed by atoms with Crippen molar-refractivity contribution in [3.05, 3.63) is 64.7 Å². The van der Waals surface area contributed by atoms with Crippen molar-refractivity contribution in [1.29, 1.82) is 0 Å². The van der Waals surface area contributed by atoms with Crippen LogP contribution >= 0.6 is 0 Å². The van der Waals surface area contributed by atoms with Crippen LogP contribution in [0, 0.1) is 31.6 Å². The molecular formula is C33H44N4O2. The summed E-state index contributed by atoms with van der Waals surface area (Å²) < 4.78 is 0. The third-order valence-electron chi connectivity index (χ3n) is 9.86. The van der Waals surface area contributed by atoms with Crippen LogP contribution < -0.4 is 10.2 Å². The highest BCUT2D eigenvalue weighted by atomic mass is 16.2. The zero-order valence-corrected chi connectivity index (χ0v) is 23.7. The van der Waals surface area contributed by atoms with Gasteiger partial charge in [0.1, 0.15) is 0 Å². The van der Waals surface area contributed by atoms with E-state index in [0.717, 1.165) is 80.8 Å². The van der Waals surface area contributed by atoms with Crippen LogP contribution in [0.15, 0.2) is 42.5 Å². The monoisotopic (exact) mass is 528 g/mol. The normalized spacial score (nSPS) is 25.9. The first-order valence-corrected chi connectivity index (χ1v) is 15.1. The molecule has 6 nitrogen and oxygen atoms in total. The van der Waals surface area contributed by atoms with E-state index in [2.05, 4.69) is 44.3 Å². The molecule has 208 valence electrons. The average molecular weight is 529 g/mol. The number of piperidine rings is 1. The summed E-state index contributed by atoms with van der Waals surface area (Å²) in [6.07, 6.45) is 6.64. The van der Waals surface area contributed by atoms with Gasteiger partial charge in [-0.3, -0.25) is 14.5 Å². The van der Waals surface area contributed by atoms with Gasteiger partial charge >= 0.3 is 0 Å². The molecule has 4 atom stereocenters. The Morgan fingerprint density at radius 3 is 2.36 bits per heavy atom. The Morgan fingerprint density at radius 2 is 1.67 bits per heavy atom. The summed E-state index contributed by atoms with van der Waals surface area (Å²) in [5.41, 5.74) is 5.65. The molecule has 1 aliphatic carbocycles. The Hall–Kier alpha value is -2.86. The predicted octanol–water partition coefficient (Wildman–Crippen LogP) is 4.44. The van der Waals surface area contributed by atoms with E-state index in [-0.39, 0.29) is 11.8 Å². The molecule has 4 aliphatic rings. The van der Waals surface area contributed by atoms with Crippen LogP contribution in [0.25, 0.3) is 0 Å². The molecule has 1 N–H and O–H groups in total. The van der Waals surface area contributed by atoms with Crippen LogP contribution in [0.2, 0.25) is 0 Å². The summed E-state index contributed by atoms with van der Waals surface area (Å²) in [4.78, 5) is 32.8. The van der Waals surface area contributed by atoms with Crippen molar-refractivity contribution in [2.45, 2.75) is 58.4 Å². The smallest absolute Gasteiger partial charge is 0.254 e. The number of anilines is 1. The van der Waals surface area contributed by atoms with E-state index in [9.17, 15) is 9.59 Å².